The molecule has 38 heavy (non-hydrogen) atoms. The van der Waals surface area contributed by atoms with Gasteiger partial charge in [-0.05, 0) is 31.0 Å². The zero-order valence-electron chi connectivity index (χ0n) is 21.2. The number of nitrogen functional groups attached to an aromatic ring is 1. The Morgan fingerprint density at radius 3 is 2.29 bits per heavy atom. The van der Waals surface area contributed by atoms with E-state index in [0.717, 1.165) is 9.36 Å². The van der Waals surface area contributed by atoms with Gasteiger partial charge < -0.3 is 20.5 Å². The molecular formula is C23H27Cl2N7O6. The maximum Gasteiger partial charge on any atom is 0.349 e. The molecule has 0 aliphatic carbocycles. The van der Waals surface area contributed by atoms with E-state index in [0.29, 0.717) is 5.56 Å². The van der Waals surface area contributed by atoms with E-state index in [1.54, 1.807) is 7.05 Å². The molecular weight excluding hydrogens is 541 g/mol. The van der Waals surface area contributed by atoms with Gasteiger partial charge >= 0.3 is 11.7 Å². The minimum absolute atomic E-state index is 0.0259. The number of hydrogen-bond acceptors (Lipinski definition) is 10. The van der Waals surface area contributed by atoms with Crippen LogP contribution in [0.25, 0.3) is 5.69 Å². The number of nitrogens with zero attached hydrogens (tertiary/aromatic N) is 4. The Morgan fingerprint density at radius 2 is 1.74 bits per heavy atom. The molecule has 204 valence electrons. The molecule has 0 radical (unpaired) electrons. The molecule has 0 aliphatic rings. The van der Waals surface area contributed by atoms with Crippen LogP contribution in [0.4, 0.5) is 5.82 Å². The highest BCUT2D eigenvalue weighted by Gasteiger charge is 2.23. The molecule has 0 saturated heterocycles. The summed E-state index contributed by atoms with van der Waals surface area (Å²) in [6, 6.07) is 3.51. The van der Waals surface area contributed by atoms with E-state index in [-0.39, 0.29) is 39.2 Å². The molecule has 3 rings (SSSR count). The average Bonchev–Trinajstić information content (AvgIpc) is 2.83. The van der Waals surface area contributed by atoms with Crippen molar-refractivity contribution in [1.82, 2.24) is 29.9 Å². The second-order valence-electron chi connectivity index (χ2n) is 8.90. The number of carbonyl (C=O) groups excluding carboxylic acids is 1. The Hall–Kier alpha value is -3.68. The molecule has 0 bridgehead atoms. The first-order valence-corrected chi connectivity index (χ1v) is 12.2. The van der Waals surface area contributed by atoms with E-state index in [4.69, 9.17) is 38.4 Å². The van der Waals surface area contributed by atoms with Crippen LogP contribution in [0.1, 0.15) is 39.2 Å². The first kappa shape index (κ1) is 28.9. The van der Waals surface area contributed by atoms with E-state index < -0.39 is 41.4 Å². The summed E-state index contributed by atoms with van der Waals surface area (Å²) >= 11 is 12.8. The maximum atomic E-state index is 12.9. The van der Waals surface area contributed by atoms with Crippen molar-refractivity contribution >= 4 is 35.0 Å². The summed E-state index contributed by atoms with van der Waals surface area (Å²) in [5, 5.41) is 10.7. The molecule has 0 spiro atoms. The molecule has 3 aromatic rings. The van der Waals surface area contributed by atoms with E-state index in [1.165, 1.54) is 18.2 Å². The molecule has 15 heteroatoms. The molecule has 13 nitrogen and oxygen atoms in total. The first-order valence-electron chi connectivity index (χ1n) is 11.5. The van der Waals surface area contributed by atoms with E-state index in [9.17, 15) is 19.2 Å². The number of likely N-dealkylation sites (N-methyl/N-ethyl adjacent to an activating group) is 1. The number of anilines is 1. The van der Waals surface area contributed by atoms with Crippen LogP contribution in [0.2, 0.25) is 10.0 Å². The lowest BCUT2D eigenvalue weighted by atomic mass is 10.1. The van der Waals surface area contributed by atoms with Gasteiger partial charge in [-0.25, -0.2) is 4.79 Å². The summed E-state index contributed by atoms with van der Waals surface area (Å²) in [4.78, 5) is 51.1. The van der Waals surface area contributed by atoms with Crippen LogP contribution in [0.3, 0.4) is 0 Å². The predicted octanol–water partition coefficient (Wildman–Crippen LogP) is 2.03. The van der Waals surface area contributed by atoms with Crippen LogP contribution in [-0.4, -0.2) is 43.6 Å². The third-order valence-corrected chi connectivity index (χ3v) is 6.01. The molecule has 2 heterocycles. The van der Waals surface area contributed by atoms with Crippen molar-refractivity contribution in [2.45, 2.75) is 46.4 Å². The normalized spacial score (nSPS) is 12.1. The number of hydrogen-bond donors (Lipinski definition) is 3. The lowest BCUT2D eigenvalue weighted by Gasteiger charge is -2.19. The topological polar surface area (TPSA) is 176 Å². The van der Waals surface area contributed by atoms with Gasteiger partial charge in [0.1, 0.15) is 6.04 Å². The number of ether oxygens (including phenoxy) is 2. The van der Waals surface area contributed by atoms with Crippen molar-refractivity contribution in [2.24, 2.45) is 5.92 Å². The van der Waals surface area contributed by atoms with Gasteiger partial charge in [-0.1, -0.05) is 50.9 Å². The summed E-state index contributed by atoms with van der Waals surface area (Å²) in [6.45, 7) is 6.89. The van der Waals surface area contributed by atoms with Gasteiger partial charge in [-0.2, -0.15) is 9.36 Å². The Bertz CT molecular complexity index is 1510. The van der Waals surface area contributed by atoms with Crippen molar-refractivity contribution < 1.29 is 14.3 Å². The van der Waals surface area contributed by atoms with Crippen molar-refractivity contribution in [3.8, 4) is 17.3 Å². The number of aromatic amines is 1. The van der Waals surface area contributed by atoms with Gasteiger partial charge in [0.05, 0.1) is 15.7 Å². The highest BCUT2D eigenvalue weighted by Crippen LogP contribution is 2.37. The van der Waals surface area contributed by atoms with E-state index in [1.807, 2.05) is 32.7 Å². The van der Waals surface area contributed by atoms with Crippen molar-refractivity contribution in [3.05, 3.63) is 65.0 Å². The Kier molecular flexibility index (Phi) is 8.97. The molecule has 0 amide bonds. The lowest BCUT2D eigenvalue weighted by molar-refractivity contribution is -0.151. The minimum Gasteiger partial charge on any atom is -0.441 e. The number of nitrogens with two attached hydrogens (primary N) is 1. The fourth-order valence-electron chi connectivity index (χ4n) is 3.48. The van der Waals surface area contributed by atoms with Crippen molar-refractivity contribution in [1.29, 1.82) is 0 Å². The summed E-state index contributed by atoms with van der Waals surface area (Å²) < 4.78 is 12.9. The highest BCUT2D eigenvalue weighted by molar-refractivity contribution is 6.37. The molecule has 1 aromatic carbocycles. The smallest absolute Gasteiger partial charge is 0.349 e. The highest BCUT2D eigenvalue weighted by atomic mass is 35.5. The number of aromatic nitrogens is 5. The largest absolute Gasteiger partial charge is 0.441 e. The molecule has 0 fully saturated rings. The second-order valence-corrected chi connectivity index (χ2v) is 9.71. The lowest BCUT2D eigenvalue weighted by Crippen LogP contribution is -2.41. The molecule has 0 unspecified atom stereocenters. The summed E-state index contributed by atoms with van der Waals surface area (Å²) in [5.74, 6) is -1.29. The van der Waals surface area contributed by atoms with E-state index >= 15 is 0 Å². The van der Waals surface area contributed by atoms with Gasteiger partial charge in [0.15, 0.2) is 12.5 Å². The Morgan fingerprint density at radius 1 is 1.11 bits per heavy atom. The third kappa shape index (κ3) is 6.23. The van der Waals surface area contributed by atoms with Gasteiger partial charge in [0.25, 0.3) is 11.1 Å². The summed E-state index contributed by atoms with van der Waals surface area (Å²) in [6.07, 6.45) is 0. The molecule has 2 aromatic heterocycles. The van der Waals surface area contributed by atoms with Crippen LogP contribution >= 0.6 is 23.2 Å². The average molecular weight is 568 g/mol. The predicted molar refractivity (Wildman–Crippen MR) is 141 cm³/mol. The number of nitrogens with one attached hydrogen (secondary N) is 2. The van der Waals surface area contributed by atoms with Gasteiger partial charge in [-0.15, -0.1) is 10.2 Å². The van der Waals surface area contributed by atoms with Crippen molar-refractivity contribution in [3.63, 3.8) is 0 Å². The summed E-state index contributed by atoms with van der Waals surface area (Å²) in [7, 11) is 1.64. The number of H-pyrrole nitrogens is 1. The van der Waals surface area contributed by atoms with E-state index in [2.05, 4.69) is 15.5 Å². The number of benzene rings is 1. The zero-order valence-corrected chi connectivity index (χ0v) is 22.8. The van der Waals surface area contributed by atoms with Gasteiger partial charge in [0, 0.05) is 11.6 Å². The van der Waals surface area contributed by atoms with Gasteiger partial charge in [0.2, 0.25) is 11.7 Å². The quantitative estimate of drug-likeness (QED) is 0.324. The number of carbonyl (C=O) groups is 1. The van der Waals surface area contributed by atoms with Crippen LogP contribution in [0, 0.1) is 5.92 Å². The molecule has 0 aliphatic heterocycles. The maximum absolute atomic E-state index is 12.9. The SMILES string of the molecule is CN[C@H](C(=O)OCn1nc(Oc2c(Cl)cc(-n3nc(N)c(=O)[nH]c3=O)cc2Cl)cc(C(C)C)c1=O)C(C)C. The monoisotopic (exact) mass is 567 g/mol. The van der Waals surface area contributed by atoms with Crippen LogP contribution < -0.4 is 32.6 Å². The molecule has 1 atom stereocenters. The number of halogens is 2. The molecule has 4 N–H and O–H groups in total. The first-order chi connectivity index (χ1) is 17.8. The third-order valence-electron chi connectivity index (χ3n) is 5.45. The fourth-order valence-corrected chi connectivity index (χ4v) is 4.04. The van der Waals surface area contributed by atoms with Crippen LogP contribution in [-0.2, 0) is 16.3 Å². The fraction of sp³-hybridized carbons (Fsp3) is 0.391. The van der Waals surface area contributed by atoms with Crippen LogP contribution in [0.15, 0.2) is 32.6 Å². The summed E-state index contributed by atoms with van der Waals surface area (Å²) in [5.41, 5.74) is 3.82. The van der Waals surface area contributed by atoms with Crippen molar-refractivity contribution in [2.75, 3.05) is 12.8 Å². The number of rotatable bonds is 9. The Balaban J connectivity index is 1.97. The second kappa shape index (κ2) is 11.8. The number of esters is 1. The zero-order chi connectivity index (χ0) is 28.3. The van der Waals surface area contributed by atoms with Crippen LogP contribution in [0.5, 0.6) is 11.6 Å². The standard InChI is InChI=1S/C23H27Cl2N7O6/c1-10(2)13-8-16(29-31(21(13)34)9-37-22(35)17(27-5)11(3)4)38-18-14(24)6-12(7-15(18)25)32-23(36)28-20(33)19(26)30-32/h6-8,10-11,17,27H,9H2,1-5H3,(H2,26,30)(H,28,33,36)/t17-/m0/s1. The minimum atomic E-state index is -0.854. The van der Waals surface area contributed by atoms with Gasteiger partial charge in [-0.3, -0.25) is 19.4 Å². The Labute approximate surface area is 226 Å². The molecule has 0 saturated carbocycles.